The molecule has 0 fully saturated rings. The molecule has 0 saturated heterocycles. The van der Waals surface area contributed by atoms with Gasteiger partial charge in [0.05, 0.1) is 6.42 Å². The van der Waals surface area contributed by atoms with E-state index in [1.165, 1.54) is 0 Å². The molecule has 60 valence electrons. The molecule has 1 aromatic rings. The number of hydrogen-bond acceptors (Lipinski definition) is 3. The fraction of sp³-hybridized carbons (Fsp3) is 0.125. The van der Waals surface area contributed by atoms with Crippen LogP contribution in [0.2, 0.25) is 0 Å². The molecule has 0 atom stereocenters. The summed E-state index contributed by atoms with van der Waals surface area (Å²) in [5.41, 5.74) is 0.797. The lowest BCUT2D eigenvalue weighted by atomic mass is 10.2. The lowest BCUT2D eigenvalue weighted by molar-refractivity contribution is -0.119. The van der Waals surface area contributed by atoms with Crippen LogP contribution in [0.1, 0.15) is 5.56 Å². The molecule has 0 radical (unpaired) electrons. The first kappa shape index (κ1) is 8.21. The normalized spacial score (nSPS) is 8.58. The van der Waals surface area contributed by atoms with Gasteiger partial charge in [0.1, 0.15) is 0 Å². The minimum absolute atomic E-state index is 0.196. The molecule has 1 rings (SSSR count). The Morgan fingerprint density at radius 2 is 2.58 bits per heavy atom. The van der Waals surface area contributed by atoms with Crippen molar-refractivity contribution in [3.63, 3.8) is 0 Å². The van der Waals surface area contributed by atoms with Gasteiger partial charge in [0.25, 0.3) is 0 Å². The maximum atomic E-state index is 10.9. The summed E-state index contributed by atoms with van der Waals surface area (Å²) >= 11 is 0. The molecule has 12 heavy (non-hydrogen) atoms. The van der Waals surface area contributed by atoms with Crippen LogP contribution in [0.3, 0.4) is 0 Å². The van der Waals surface area contributed by atoms with Crippen LogP contribution in [-0.4, -0.2) is 10.9 Å². The van der Waals surface area contributed by atoms with Crippen molar-refractivity contribution in [3.05, 3.63) is 30.1 Å². The fourth-order valence-electron chi connectivity index (χ4n) is 0.795. The Morgan fingerprint density at radius 3 is 3.17 bits per heavy atom. The Bertz CT molecular complexity index is 302. The van der Waals surface area contributed by atoms with Crippen LogP contribution >= 0.6 is 0 Å². The lowest BCUT2D eigenvalue weighted by Crippen LogP contribution is -2.19. The molecule has 0 aliphatic rings. The zero-order chi connectivity index (χ0) is 8.81. The van der Waals surface area contributed by atoms with Crippen molar-refractivity contribution in [2.75, 3.05) is 0 Å². The Balaban J connectivity index is 2.54. The molecule has 1 amide bonds. The zero-order valence-electron chi connectivity index (χ0n) is 6.32. The van der Waals surface area contributed by atoms with E-state index in [1.54, 1.807) is 30.7 Å². The highest BCUT2D eigenvalue weighted by Crippen LogP contribution is 1.95. The second kappa shape index (κ2) is 4.09. The molecule has 0 aromatic carbocycles. The average molecular weight is 161 g/mol. The molecule has 0 saturated carbocycles. The van der Waals surface area contributed by atoms with E-state index in [-0.39, 0.29) is 12.3 Å². The van der Waals surface area contributed by atoms with Gasteiger partial charge in [0, 0.05) is 12.4 Å². The molecule has 0 bridgehead atoms. The third-order valence-electron chi connectivity index (χ3n) is 1.28. The molecular formula is C8H7N3O. The van der Waals surface area contributed by atoms with E-state index >= 15 is 0 Å². The van der Waals surface area contributed by atoms with Gasteiger partial charge in [0.2, 0.25) is 5.91 Å². The molecule has 0 spiro atoms. The summed E-state index contributed by atoms with van der Waals surface area (Å²) in [4.78, 5) is 14.7. The Labute approximate surface area is 69.8 Å². The third-order valence-corrected chi connectivity index (χ3v) is 1.28. The first-order valence-electron chi connectivity index (χ1n) is 3.40. The summed E-state index contributed by atoms with van der Waals surface area (Å²) in [5.74, 6) is -0.314. The quantitative estimate of drug-likeness (QED) is 0.498. The van der Waals surface area contributed by atoms with Gasteiger partial charge in [0.15, 0.2) is 6.19 Å². The second-order valence-electron chi connectivity index (χ2n) is 2.20. The van der Waals surface area contributed by atoms with Crippen molar-refractivity contribution in [1.82, 2.24) is 10.3 Å². The predicted octanol–water partition coefficient (Wildman–Crippen LogP) is 0.221. The van der Waals surface area contributed by atoms with Gasteiger partial charge in [-0.05, 0) is 11.6 Å². The summed E-state index contributed by atoms with van der Waals surface area (Å²) < 4.78 is 0. The van der Waals surface area contributed by atoms with Gasteiger partial charge in [-0.15, -0.1) is 0 Å². The number of nitriles is 1. The SMILES string of the molecule is N#CNC(=O)Cc1cccnc1. The van der Waals surface area contributed by atoms with Gasteiger partial charge in [-0.2, -0.15) is 5.26 Å². The van der Waals surface area contributed by atoms with Gasteiger partial charge < -0.3 is 0 Å². The van der Waals surface area contributed by atoms with E-state index in [9.17, 15) is 4.79 Å². The number of carbonyl (C=O) groups is 1. The van der Waals surface area contributed by atoms with E-state index < -0.39 is 0 Å². The highest BCUT2D eigenvalue weighted by molar-refractivity contribution is 5.79. The Hall–Kier alpha value is -1.89. The maximum Gasteiger partial charge on any atom is 0.237 e. The van der Waals surface area contributed by atoms with Crippen molar-refractivity contribution in [3.8, 4) is 6.19 Å². The van der Waals surface area contributed by atoms with Crippen LogP contribution in [0.25, 0.3) is 0 Å². The highest BCUT2D eigenvalue weighted by Gasteiger charge is 2.00. The Kier molecular flexibility index (Phi) is 2.79. The highest BCUT2D eigenvalue weighted by atomic mass is 16.1. The van der Waals surface area contributed by atoms with Crippen molar-refractivity contribution in [2.24, 2.45) is 0 Å². The lowest BCUT2D eigenvalue weighted by Gasteiger charge is -1.95. The van der Waals surface area contributed by atoms with Crippen molar-refractivity contribution >= 4 is 5.91 Å². The first-order valence-corrected chi connectivity index (χ1v) is 3.40. The van der Waals surface area contributed by atoms with Crippen LogP contribution in [0, 0.1) is 11.5 Å². The minimum Gasteiger partial charge on any atom is -0.274 e. The van der Waals surface area contributed by atoms with Gasteiger partial charge in [-0.3, -0.25) is 15.1 Å². The maximum absolute atomic E-state index is 10.9. The molecule has 1 aromatic heterocycles. The second-order valence-corrected chi connectivity index (χ2v) is 2.20. The molecule has 4 nitrogen and oxygen atoms in total. The van der Waals surface area contributed by atoms with Gasteiger partial charge in [-0.1, -0.05) is 6.07 Å². The minimum atomic E-state index is -0.314. The van der Waals surface area contributed by atoms with Crippen LogP contribution in [0.5, 0.6) is 0 Å². The van der Waals surface area contributed by atoms with E-state index in [0.29, 0.717) is 0 Å². The summed E-state index contributed by atoms with van der Waals surface area (Å²) in [6.45, 7) is 0. The summed E-state index contributed by atoms with van der Waals surface area (Å²) in [6.07, 6.45) is 4.99. The summed E-state index contributed by atoms with van der Waals surface area (Å²) in [6, 6.07) is 3.53. The van der Waals surface area contributed by atoms with Crippen LogP contribution in [-0.2, 0) is 11.2 Å². The van der Waals surface area contributed by atoms with E-state index in [1.807, 2.05) is 5.32 Å². The number of carbonyl (C=O) groups excluding carboxylic acids is 1. The van der Waals surface area contributed by atoms with E-state index in [2.05, 4.69) is 4.98 Å². The van der Waals surface area contributed by atoms with Crippen LogP contribution in [0.15, 0.2) is 24.5 Å². The number of rotatable bonds is 2. The van der Waals surface area contributed by atoms with Crippen molar-refractivity contribution < 1.29 is 4.79 Å². The van der Waals surface area contributed by atoms with E-state index in [4.69, 9.17) is 5.26 Å². The number of nitrogens with zero attached hydrogens (tertiary/aromatic N) is 2. The van der Waals surface area contributed by atoms with Crippen LogP contribution < -0.4 is 5.32 Å². The molecule has 4 heteroatoms. The van der Waals surface area contributed by atoms with Crippen LogP contribution in [0.4, 0.5) is 0 Å². The molecule has 0 aliphatic heterocycles. The largest absolute Gasteiger partial charge is 0.274 e. The number of nitrogens with one attached hydrogen (secondary N) is 1. The Morgan fingerprint density at radius 1 is 1.75 bits per heavy atom. The molecule has 0 aliphatic carbocycles. The monoisotopic (exact) mass is 161 g/mol. The molecule has 1 heterocycles. The smallest absolute Gasteiger partial charge is 0.237 e. The number of aromatic nitrogens is 1. The first-order chi connectivity index (χ1) is 5.83. The molecular weight excluding hydrogens is 154 g/mol. The molecule has 0 unspecified atom stereocenters. The standard InChI is InChI=1S/C8H7N3O/c9-6-11-8(12)4-7-2-1-3-10-5-7/h1-3,5H,4H2,(H,11,12). The number of hydrogen-bond donors (Lipinski definition) is 1. The number of amides is 1. The topological polar surface area (TPSA) is 65.8 Å². The summed E-state index contributed by atoms with van der Waals surface area (Å²) in [5, 5.41) is 10.1. The van der Waals surface area contributed by atoms with Crippen molar-refractivity contribution in [1.29, 1.82) is 5.26 Å². The number of pyridine rings is 1. The van der Waals surface area contributed by atoms with E-state index in [0.717, 1.165) is 5.56 Å². The van der Waals surface area contributed by atoms with Gasteiger partial charge >= 0.3 is 0 Å². The third kappa shape index (κ3) is 2.39. The average Bonchev–Trinajstić information content (AvgIpc) is 2.06. The van der Waals surface area contributed by atoms with Crippen molar-refractivity contribution in [2.45, 2.75) is 6.42 Å². The summed E-state index contributed by atoms with van der Waals surface area (Å²) in [7, 11) is 0. The fourth-order valence-corrected chi connectivity index (χ4v) is 0.795. The zero-order valence-corrected chi connectivity index (χ0v) is 6.32. The molecule has 1 N–H and O–H groups in total. The van der Waals surface area contributed by atoms with Gasteiger partial charge in [-0.25, -0.2) is 0 Å². The predicted molar refractivity (Wildman–Crippen MR) is 41.7 cm³/mol.